The Morgan fingerprint density at radius 1 is 1.21 bits per heavy atom. The third-order valence-electron chi connectivity index (χ3n) is 4.69. The summed E-state index contributed by atoms with van der Waals surface area (Å²) in [5, 5.41) is 11.8. The minimum atomic E-state index is -0.354. The standard InChI is InChI=1S/C20H24N2O4S2/c1-26-13-19(24)21-15-6-4-5-14(11-15)16-7-8-17(28-16)20(12-18(23)22-25)9-2-3-10-27-20/h4-8,11,25H,2-3,9-10,12-13H2,1H3,(H,21,24)(H,22,23)/t20-/m0/s1. The summed E-state index contributed by atoms with van der Waals surface area (Å²) < 4.78 is 4.56. The Hall–Kier alpha value is -1.87. The molecule has 1 aliphatic heterocycles. The van der Waals surface area contributed by atoms with Crippen LogP contribution in [0.1, 0.15) is 30.6 Å². The number of carbonyl (C=O) groups excluding carboxylic acids is 2. The number of nitrogens with one attached hydrogen (secondary N) is 2. The molecule has 0 spiro atoms. The molecule has 0 aliphatic carbocycles. The van der Waals surface area contributed by atoms with Gasteiger partial charge in [-0.3, -0.25) is 14.8 Å². The van der Waals surface area contributed by atoms with Crippen LogP contribution in [-0.4, -0.2) is 36.5 Å². The summed E-state index contributed by atoms with van der Waals surface area (Å²) >= 11 is 3.46. The molecule has 0 unspecified atom stereocenters. The molecule has 3 rings (SSSR count). The number of benzene rings is 1. The van der Waals surface area contributed by atoms with Gasteiger partial charge in [-0.2, -0.15) is 0 Å². The highest BCUT2D eigenvalue weighted by Gasteiger charge is 2.38. The van der Waals surface area contributed by atoms with Crippen LogP contribution in [0.5, 0.6) is 0 Å². The summed E-state index contributed by atoms with van der Waals surface area (Å²) in [7, 11) is 1.49. The van der Waals surface area contributed by atoms with E-state index in [2.05, 4.69) is 17.4 Å². The van der Waals surface area contributed by atoms with Crippen LogP contribution in [0.2, 0.25) is 0 Å². The van der Waals surface area contributed by atoms with Crippen molar-refractivity contribution >= 4 is 40.6 Å². The monoisotopic (exact) mass is 420 g/mol. The number of rotatable bonds is 7. The van der Waals surface area contributed by atoms with Gasteiger partial charge in [-0.1, -0.05) is 18.6 Å². The van der Waals surface area contributed by atoms with Crippen molar-refractivity contribution < 1.29 is 19.5 Å². The minimum Gasteiger partial charge on any atom is -0.375 e. The van der Waals surface area contributed by atoms with E-state index in [0.29, 0.717) is 0 Å². The molecule has 2 aromatic rings. The quantitative estimate of drug-likeness (QED) is 0.465. The van der Waals surface area contributed by atoms with Crippen molar-refractivity contribution in [3.63, 3.8) is 0 Å². The second-order valence-electron chi connectivity index (χ2n) is 6.74. The van der Waals surface area contributed by atoms with Gasteiger partial charge in [-0.05, 0) is 48.4 Å². The van der Waals surface area contributed by atoms with Crippen LogP contribution in [0, 0.1) is 0 Å². The minimum absolute atomic E-state index is 0.0139. The van der Waals surface area contributed by atoms with Crippen LogP contribution < -0.4 is 10.8 Å². The van der Waals surface area contributed by atoms with Crippen LogP contribution in [0.3, 0.4) is 0 Å². The van der Waals surface area contributed by atoms with Crippen molar-refractivity contribution in [2.45, 2.75) is 30.4 Å². The molecule has 0 saturated carbocycles. The molecule has 6 nitrogen and oxygen atoms in total. The van der Waals surface area contributed by atoms with Gasteiger partial charge >= 0.3 is 0 Å². The molecule has 1 aromatic heterocycles. The first-order valence-corrected chi connectivity index (χ1v) is 10.9. The number of hydrogen-bond donors (Lipinski definition) is 3. The van der Waals surface area contributed by atoms with E-state index in [-0.39, 0.29) is 29.6 Å². The lowest BCUT2D eigenvalue weighted by molar-refractivity contribution is -0.129. The van der Waals surface area contributed by atoms with Crippen molar-refractivity contribution in [1.82, 2.24) is 5.48 Å². The Morgan fingerprint density at radius 2 is 2.07 bits per heavy atom. The van der Waals surface area contributed by atoms with E-state index >= 15 is 0 Å². The molecule has 3 N–H and O–H groups in total. The molecule has 1 aliphatic rings. The SMILES string of the molecule is COCC(=O)Nc1cccc(-c2ccc([C@@]3(CC(=O)NO)CCCCS3)s2)c1. The largest absolute Gasteiger partial charge is 0.375 e. The van der Waals surface area contributed by atoms with Gasteiger partial charge in [0.1, 0.15) is 6.61 Å². The number of hydrogen-bond acceptors (Lipinski definition) is 6. The molecule has 1 aromatic carbocycles. The third kappa shape index (κ3) is 4.94. The normalized spacial score (nSPS) is 19.2. The number of methoxy groups -OCH3 is 1. The van der Waals surface area contributed by atoms with E-state index in [4.69, 9.17) is 9.94 Å². The maximum absolute atomic E-state index is 11.9. The average molecular weight is 421 g/mol. The van der Waals surface area contributed by atoms with Gasteiger partial charge in [0.2, 0.25) is 11.8 Å². The van der Waals surface area contributed by atoms with Gasteiger partial charge in [0.25, 0.3) is 0 Å². The zero-order valence-corrected chi connectivity index (χ0v) is 17.3. The van der Waals surface area contributed by atoms with Crippen molar-refractivity contribution in [2.75, 3.05) is 24.8 Å². The maximum Gasteiger partial charge on any atom is 0.250 e. The van der Waals surface area contributed by atoms with Gasteiger partial charge in [0, 0.05) is 29.0 Å². The number of amides is 2. The highest BCUT2D eigenvalue weighted by molar-refractivity contribution is 8.00. The highest BCUT2D eigenvalue weighted by Crippen LogP contribution is 2.50. The summed E-state index contributed by atoms with van der Waals surface area (Å²) in [6.07, 6.45) is 3.40. The zero-order chi connectivity index (χ0) is 20.0. The second-order valence-corrected chi connectivity index (χ2v) is 9.30. The molecule has 1 saturated heterocycles. The van der Waals surface area contributed by atoms with Crippen LogP contribution in [0.4, 0.5) is 5.69 Å². The molecular weight excluding hydrogens is 396 g/mol. The first-order chi connectivity index (χ1) is 13.6. The van der Waals surface area contributed by atoms with E-state index in [1.54, 1.807) is 28.6 Å². The summed E-state index contributed by atoms with van der Waals surface area (Å²) in [6.45, 7) is 0.0139. The fourth-order valence-electron chi connectivity index (χ4n) is 3.39. The molecule has 0 radical (unpaired) electrons. The van der Waals surface area contributed by atoms with E-state index in [1.807, 2.05) is 24.3 Å². The van der Waals surface area contributed by atoms with Gasteiger partial charge in [-0.25, -0.2) is 5.48 Å². The molecular formula is C20H24N2O4S2. The van der Waals surface area contributed by atoms with Crippen LogP contribution in [0.15, 0.2) is 36.4 Å². The Bertz CT molecular complexity index is 831. The second kappa shape index (κ2) is 9.56. The molecule has 1 fully saturated rings. The Morgan fingerprint density at radius 3 is 2.79 bits per heavy atom. The third-order valence-corrected chi connectivity index (χ3v) is 7.77. The van der Waals surface area contributed by atoms with Gasteiger partial charge < -0.3 is 10.1 Å². The Kier molecular flexibility index (Phi) is 7.12. The van der Waals surface area contributed by atoms with Crippen molar-refractivity contribution in [1.29, 1.82) is 0 Å². The summed E-state index contributed by atoms with van der Waals surface area (Å²) in [6, 6.07) is 11.8. The van der Waals surface area contributed by atoms with Crippen molar-refractivity contribution in [2.24, 2.45) is 0 Å². The average Bonchev–Trinajstić information content (AvgIpc) is 3.20. The van der Waals surface area contributed by atoms with Crippen LogP contribution >= 0.6 is 23.1 Å². The number of ether oxygens (including phenoxy) is 1. The number of thioether (sulfide) groups is 1. The fourth-order valence-corrected chi connectivity index (χ4v) is 6.28. The summed E-state index contributed by atoms with van der Waals surface area (Å²) in [4.78, 5) is 25.9. The summed E-state index contributed by atoms with van der Waals surface area (Å²) in [5.41, 5.74) is 3.51. The number of anilines is 1. The van der Waals surface area contributed by atoms with E-state index in [1.165, 1.54) is 7.11 Å². The van der Waals surface area contributed by atoms with Crippen LogP contribution in [0.25, 0.3) is 10.4 Å². The van der Waals surface area contributed by atoms with Crippen molar-refractivity contribution in [3.05, 3.63) is 41.3 Å². The van der Waals surface area contributed by atoms with Gasteiger partial charge in [0.15, 0.2) is 0 Å². The Labute approximate surface area is 172 Å². The molecule has 8 heteroatoms. The summed E-state index contributed by atoms with van der Waals surface area (Å²) in [5.74, 6) is 0.457. The highest BCUT2D eigenvalue weighted by atomic mass is 32.2. The molecule has 0 bridgehead atoms. The number of thiophene rings is 1. The first kappa shape index (κ1) is 20.9. The van der Waals surface area contributed by atoms with E-state index < -0.39 is 0 Å². The van der Waals surface area contributed by atoms with Gasteiger partial charge in [-0.15, -0.1) is 23.1 Å². The predicted molar refractivity (Wildman–Crippen MR) is 113 cm³/mol. The number of hydroxylamine groups is 1. The maximum atomic E-state index is 11.9. The predicted octanol–water partition coefficient (Wildman–Crippen LogP) is 4.01. The lowest BCUT2D eigenvalue weighted by Gasteiger charge is -2.35. The first-order valence-electron chi connectivity index (χ1n) is 9.13. The Balaban J connectivity index is 1.84. The smallest absolute Gasteiger partial charge is 0.250 e. The zero-order valence-electron chi connectivity index (χ0n) is 15.7. The number of carbonyl (C=O) groups is 2. The lowest BCUT2D eigenvalue weighted by Crippen LogP contribution is -2.32. The molecule has 2 amide bonds. The molecule has 1 atom stereocenters. The molecule has 150 valence electrons. The van der Waals surface area contributed by atoms with Crippen molar-refractivity contribution in [3.8, 4) is 10.4 Å². The molecule has 28 heavy (non-hydrogen) atoms. The molecule has 2 heterocycles. The van der Waals surface area contributed by atoms with E-state index in [0.717, 1.165) is 46.0 Å². The fraction of sp³-hybridized carbons (Fsp3) is 0.400. The van der Waals surface area contributed by atoms with E-state index in [9.17, 15) is 9.59 Å². The lowest BCUT2D eigenvalue weighted by atomic mass is 9.94. The topological polar surface area (TPSA) is 87.7 Å². The van der Waals surface area contributed by atoms with Gasteiger partial charge in [0.05, 0.1) is 4.75 Å². The van der Waals surface area contributed by atoms with Crippen LogP contribution in [-0.2, 0) is 19.1 Å².